The van der Waals surface area contributed by atoms with Gasteiger partial charge in [-0.1, -0.05) is 115 Å². The molecule has 1 aliphatic rings. The van der Waals surface area contributed by atoms with Crippen LogP contribution in [0.2, 0.25) is 0 Å². The van der Waals surface area contributed by atoms with Gasteiger partial charge in [0.2, 0.25) is 0 Å². The second kappa shape index (κ2) is 10.7. The van der Waals surface area contributed by atoms with Crippen molar-refractivity contribution < 1.29 is 4.42 Å². The Labute approximate surface area is 279 Å². The Balaban J connectivity index is 1.18. The first-order valence-corrected chi connectivity index (χ1v) is 16.8. The van der Waals surface area contributed by atoms with E-state index in [-0.39, 0.29) is 6.17 Å². The molecule has 4 heterocycles. The van der Waals surface area contributed by atoms with Crippen molar-refractivity contribution in [2.24, 2.45) is 9.98 Å². The van der Waals surface area contributed by atoms with Gasteiger partial charge in [-0.25, -0.2) is 9.98 Å². The van der Waals surface area contributed by atoms with Crippen molar-refractivity contribution in [3.8, 4) is 11.3 Å². The zero-order valence-electron chi connectivity index (χ0n) is 25.6. The van der Waals surface area contributed by atoms with Crippen LogP contribution in [0.1, 0.15) is 22.9 Å². The molecule has 0 spiro atoms. The minimum Gasteiger partial charge on any atom is -0.454 e. The van der Waals surface area contributed by atoms with Crippen LogP contribution in [0.4, 0.5) is 0 Å². The van der Waals surface area contributed by atoms with E-state index < -0.39 is 0 Å². The third-order valence-corrected chi connectivity index (χ3v) is 10.4. The Morgan fingerprint density at radius 1 is 0.646 bits per heavy atom. The topological polar surface area (TPSA) is 62.8 Å². The number of nitrogens with zero attached hydrogens (tertiary/aromatic N) is 3. The summed E-state index contributed by atoms with van der Waals surface area (Å²) in [6.45, 7) is 0. The molecule has 0 amide bonds. The van der Waals surface area contributed by atoms with E-state index in [1.165, 1.54) is 25.6 Å². The first-order chi connectivity index (χ1) is 23.8. The third kappa shape index (κ3) is 4.27. The molecular formula is C42H26N4OS. The van der Waals surface area contributed by atoms with Crippen LogP contribution in [0.5, 0.6) is 0 Å². The van der Waals surface area contributed by atoms with Crippen molar-refractivity contribution in [3.63, 3.8) is 0 Å². The van der Waals surface area contributed by atoms with Crippen LogP contribution in [-0.2, 0) is 0 Å². The molecule has 3 aromatic heterocycles. The minimum atomic E-state index is -0.309. The van der Waals surface area contributed by atoms with E-state index in [9.17, 15) is 0 Å². The van der Waals surface area contributed by atoms with E-state index in [4.69, 9.17) is 19.4 Å². The number of thiophene rings is 1. The fourth-order valence-electron chi connectivity index (χ4n) is 6.92. The fraction of sp³-hybridized carbons (Fsp3) is 0.0238. The number of benzene rings is 6. The van der Waals surface area contributed by atoms with Gasteiger partial charge in [-0.3, -0.25) is 4.98 Å². The van der Waals surface area contributed by atoms with Gasteiger partial charge in [-0.15, -0.1) is 11.3 Å². The van der Waals surface area contributed by atoms with Gasteiger partial charge < -0.3 is 9.73 Å². The van der Waals surface area contributed by atoms with Gasteiger partial charge in [-0.2, -0.15) is 0 Å². The number of aromatic nitrogens is 1. The molecule has 6 heteroatoms. The minimum absolute atomic E-state index is 0.309. The molecule has 0 saturated carbocycles. The van der Waals surface area contributed by atoms with Crippen molar-refractivity contribution >= 4 is 75.9 Å². The Morgan fingerprint density at radius 3 is 2.38 bits per heavy atom. The first-order valence-electron chi connectivity index (χ1n) is 16.0. The first kappa shape index (κ1) is 27.0. The predicted molar refractivity (Wildman–Crippen MR) is 199 cm³/mol. The van der Waals surface area contributed by atoms with E-state index in [2.05, 4.69) is 108 Å². The molecule has 1 N–H and O–H groups in total. The van der Waals surface area contributed by atoms with Crippen LogP contribution in [0.3, 0.4) is 0 Å². The highest BCUT2D eigenvalue weighted by Crippen LogP contribution is 2.43. The lowest BCUT2D eigenvalue weighted by molar-refractivity contribution is 0.667. The third-order valence-electron chi connectivity index (χ3n) is 9.19. The maximum atomic E-state index is 6.69. The summed E-state index contributed by atoms with van der Waals surface area (Å²) in [7, 11) is 0. The molecule has 1 aliphatic heterocycles. The fourth-order valence-corrected chi connectivity index (χ4v) is 8.14. The number of amidine groups is 2. The summed E-state index contributed by atoms with van der Waals surface area (Å²) in [5.74, 6) is 1.44. The number of furan rings is 1. The van der Waals surface area contributed by atoms with Crippen LogP contribution >= 0.6 is 11.3 Å². The van der Waals surface area contributed by atoms with Crippen molar-refractivity contribution in [2.45, 2.75) is 6.17 Å². The van der Waals surface area contributed by atoms with Crippen molar-refractivity contribution in [3.05, 3.63) is 162 Å². The van der Waals surface area contributed by atoms with E-state index in [0.717, 1.165) is 61.1 Å². The summed E-state index contributed by atoms with van der Waals surface area (Å²) in [6, 6.07) is 48.4. The molecular weight excluding hydrogens is 609 g/mol. The monoisotopic (exact) mass is 634 g/mol. The normalized spacial score (nSPS) is 14.9. The van der Waals surface area contributed by atoms with Crippen molar-refractivity contribution in [1.82, 2.24) is 10.3 Å². The summed E-state index contributed by atoms with van der Waals surface area (Å²) >= 11 is 1.80. The average molecular weight is 635 g/mol. The van der Waals surface area contributed by atoms with Gasteiger partial charge in [-0.05, 0) is 40.6 Å². The molecule has 0 aliphatic carbocycles. The highest BCUT2D eigenvalue weighted by Gasteiger charge is 2.25. The van der Waals surface area contributed by atoms with Crippen LogP contribution in [0.25, 0.3) is 64.1 Å². The van der Waals surface area contributed by atoms with Crippen LogP contribution in [0.15, 0.2) is 160 Å². The van der Waals surface area contributed by atoms with E-state index in [1.54, 1.807) is 11.3 Å². The Hall–Kier alpha value is -6.11. The molecule has 6 aromatic carbocycles. The number of rotatable bonds is 4. The lowest BCUT2D eigenvalue weighted by atomic mass is 10.0. The maximum Gasteiger partial charge on any atom is 0.161 e. The number of aliphatic imine (C=N–C) groups is 2. The molecule has 1 atom stereocenters. The van der Waals surface area contributed by atoms with Crippen molar-refractivity contribution in [2.75, 3.05) is 0 Å². The number of pyridine rings is 1. The molecule has 0 saturated heterocycles. The zero-order valence-corrected chi connectivity index (χ0v) is 26.4. The standard InChI is InChI=1S/C42H26N4OS/c1-2-11-26(12-3-1)40-44-41(28-21-20-25-10-4-5-13-27(25)24-28)46-42(45-40)32-16-9-18-34-36(32)31-22-23-43-37(38(31)47-34)33-17-8-15-30-29-14-6-7-19-35(29)48-39(30)33/h1-24,40H,(H,44,45,46). The smallest absolute Gasteiger partial charge is 0.161 e. The zero-order chi connectivity index (χ0) is 31.6. The molecule has 226 valence electrons. The van der Waals surface area contributed by atoms with Crippen LogP contribution < -0.4 is 5.32 Å². The molecule has 10 rings (SSSR count). The second-order valence-electron chi connectivity index (χ2n) is 12.0. The quantitative estimate of drug-likeness (QED) is 0.210. The predicted octanol–water partition coefficient (Wildman–Crippen LogP) is 10.7. The molecule has 0 fully saturated rings. The highest BCUT2D eigenvalue weighted by molar-refractivity contribution is 7.26. The molecule has 48 heavy (non-hydrogen) atoms. The largest absolute Gasteiger partial charge is 0.454 e. The lowest BCUT2D eigenvalue weighted by Crippen LogP contribution is -2.33. The number of fused-ring (bicyclic) bond motifs is 7. The van der Waals surface area contributed by atoms with Crippen LogP contribution in [-0.4, -0.2) is 16.7 Å². The Bertz CT molecular complexity index is 2780. The Morgan fingerprint density at radius 2 is 1.44 bits per heavy atom. The van der Waals surface area contributed by atoms with Gasteiger partial charge >= 0.3 is 0 Å². The van der Waals surface area contributed by atoms with Gasteiger partial charge in [0.05, 0.1) is 0 Å². The number of hydrogen-bond donors (Lipinski definition) is 1. The lowest BCUT2D eigenvalue weighted by Gasteiger charge is -2.24. The molecule has 9 aromatic rings. The van der Waals surface area contributed by atoms with Gasteiger partial charge in [0, 0.05) is 53.8 Å². The van der Waals surface area contributed by atoms with E-state index in [0.29, 0.717) is 5.84 Å². The van der Waals surface area contributed by atoms with Crippen LogP contribution in [0, 0.1) is 0 Å². The second-order valence-corrected chi connectivity index (χ2v) is 13.1. The summed E-state index contributed by atoms with van der Waals surface area (Å²) in [4.78, 5) is 15.3. The molecule has 0 radical (unpaired) electrons. The van der Waals surface area contributed by atoms with Gasteiger partial charge in [0.1, 0.15) is 23.3 Å². The SMILES string of the molecule is c1ccc(C2N=C(c3cccc4oc5c(-c6cccc7c6sc6ccccc67)nccc5c34)N=C(c3ccc4ccccc4c3)N2)cc1. The summed E-state index contributed by atoms with van der Waals surface area (Å²) < 4.78 is 9.15. The summed E-state index contributed by atoms with van der Waals surface area (Å²) in [5, 5.41) is 10.4. The molecule has 1 unspecified atom stereocenters. The molecule has 5 nitrogen and oxygen atoms in total. The highest BCUT2D eigenvalue weighted by atomic mass is 32.1. The Kier molecular flexibility index (Phi) is 6.04. The number of hydrogen-bond acceptors (Lipinski definition) is 6. The van der Waals surface area contributed by atoms with E-state index >= 15 is 0 Å². The average Bonchev–Trinajstić information content (AvgIpc) is 3.74. The van der Waals surface area contributed by atoms with E-state index in [1.807, 2.05) is 42.6 Å². The van der Waals surface area contributed by atoms with Crippen molar-refractivity contribution in [1.29, 1.82) is 0 Å². The number of nitrogens with one attached hydrogen (secondary N) is 1. The van der Waals surface area contributed by atoms with Gasteiger partial charge in [0.25, 0.3) is 0 Å². The maximum absolute atomic E-state index is 6.69. The summed E-state index contributed by atoms with van der Waals surface area (Å²) in [5.41, 5.74) is 6.44. The van der Waals surface area contributed by atoms with Gasteiger partial charge in [0.15, 0.2) is 11.4 Å². The molecule has 0 bridgehead atoms. The summed E-state index contributed by atoms with van der Waals surface area (Å²) in [6.07, 6.45) is 1.58.